The van der Waals surface area contributed by atoms with Crippen LogP contribution in [0.1, 0.15) is 23.2 Å². The third kappa shape index (κ3) is 4.87. The lowest BCUT2D eigenvalue weighted by atomic mass is 10.2. The van der Waals surface area contributed by atoms with E-state index >= 15 is 0 Å². The Labute approximate surface area is 187 Å². The fourth-order valence-electron chi connectivity index (χ4n) is 3.90. The number of anilines is 1. The van der Waals surface area contributed by atoms with E-state index in [9.17, 15) is 13.2 Å². The minimum Gasteiger partial charge on any atom is -0.376 e. The maximum atomic E-state index is 13.3. The van der Waals surface area contributed by atoms with E-state index in [0.29, 0.717) is 44.4 Å². The van der Waals surface area contributed by atoms with Crippen LogP contribution in [0.15, 0.2) is 35.5 Å². The number of ether oxygens (including phenoxy) is 1. The number of halogens is 1. The Bertz CT molecular complexity index is 1040. The molecule has 0 aliphatic carbocycles. The molecule has 2 aromatic rings. The molecule has 1 unspecified atom stereocenters. The Morgan fingerprint density at radius 3 is 2.74 bits per heavy atom. The van der Waals surface area contributed by atoms with Gasteiger partial charge < -0.3 is 15.0 Å². The van der Waals surface area contributed by atoms with E-state index in [2.05, 4.69) is 15.3 Å². The Kier molecular flexibility index (Phi) is 6.52. The summed E-state index contributed by atoms with van der Waals surface area (Å²) in [6.07, 6.45) is 3.27. The molecule has 0 radical (unpaired) electrons. The van der Waals surface area contributed by atoms with Crippen LogP contribution in [0.3, 0.4) is 0 Å². The van der Waals surface area contributed by atoms with Crippen LogP contribution in [0.25, 0.3) is 0 Å². The zero-order valence-corrected chi connectivity index (χ0v) is 18.9. The SMILES string of the molecule is Cn1cc(C(=O)NCC2CCCO2)c(S(=O)(=O)N2CCN(c3cccc(Cl)c3)CC2)n1. The zero-order valence-electron chi connectivity index (χ0n) is 17.3. The molecule has 168 valence electrons. The molecule has 0 saturated carbocycles. The van der Waals surface area contributed by atoms with Gasteiger partial charge in [0.05, 0.1) is 11.7 Å². The van der Waals surface area contributed by atoms with Gasteiger partial charge in [-0.2, -0.15) is 9.40 Å². The summed E-state index contributed by atoms with van der Waals surface area (Å²) in [4.78, 5) is 14.8. The first kappa shape index (κ1) is 22.1. The van der Waals surface area contributed by atoms with Crippen molar-refractivity contribution in [3.8, 4) is 0 Å². The quantitative estimate of drug-likeness (QED) is 0.691. The van der Waals surface area contributed by atoms with E-state index in [-0.39, 0.29) is 16.7 Å². The van der Waals surface area contributed by atoms with Crippen molar-refractivity contribution in [1.82, 2.24) is 19.4 Å². The van der Waals surface area contributed by atoms with Crippen molar-refractivity contribution in [3.63, 3.8) is 0 Å². The van der Waals surface area contributed by atoms with Crippen LogP contribution >= 0.6 is 11.6 Å². The molecule has 0 bridgehead atoms. The summed E-state index contributed by atoms with van der Waals surface area (Å²) < 4.78 is 34.8. The summed E-state index contributed by atoms with van der Waals surface area (Å²) in [6.45, 7) is 2.67. The molecular weight excluding hydrogens is 442 g/mol. The predicted molar refractivity (Wildman–Crippen MR) is 117 cm³/mol. The molecule has 31 heavy (non-hydrogen) atoms. The van der Waals surface area contributed by atoms with Crippen molar-refractivity contribution in [2.75, 3.05) is 44.2 Å². The second kappa shape index (κ2) is 9.15. The van der Waals surface area contributed by atoms with Crippen LogP contribution in [-0.4, -0.2) is 73.8 Å². The van der Waals surface area contributed by atoms with Gasteiger partial charge in [-0.05, 0) is 31.0 Å². The Hall–Kier alpha value is -2.14. The molecule has 1 aromatic heterocycles. The first-order valence-electron chi connectivity index (χ1n) is 10.3. The Morgan fingerprint density at radius 2 is 2.06 bits per heavy atom. The smallest absolute Gasteiger partial charge is 0.263 e. The van der Waals surface area contributed by atoms with Gasteiger partial charge in [0.25, 0.3) is 15.9 Å². The van der Waals surface area contributed by atoms with Crippen molar-refractivity contribution in [2.45, 2.75) is 24.0 Å². The number of carbonyl (C=O) groups is 1. The minimum atomic E-state index is -3.91. The van der Waals surface area contributed by atoms with Crippen LogP contribution in [0.5, 0.6) is 0 Å². The van der Waals surface area contributed by atoms with E-state index in [1.54, 1.807) is 13.1 Å². The third-order valence-electron chi connectivity index (χ3n) is 5.55. The number of amides is 1. The van der Waals surface area contributed by atoms with E-state index in [1.807, 2.05) is 18.2 Å². The first-order chi connectivity index (χ1) is 14.8. The van der Waals surface area contributed by atoms with E-state index < -0.39 is 15.9 Å². The molecular formula is C20H26ClN5O4S. The van der Waals surface area contributed by atoms with E-state index in [1.165, 1.54) is 15.2 Å². The molecule has 4 rings (SSSR count). The van der Waals surface area contributed by atoms with Gasteiger partial charge in [0.1, 0.15) is 0 Å². The van der Waals surface area contributed by atoms with Gasteiger partial charge in [0.15, 0.2) is 0 Å². The maximum Gasteiger partial charge on any atom is 0.263 e. The van der Waals surface area contributed by atoms with Gasteiger partial charge in [-0.1, -0.05) is 17.7 Å². The normalized spacial score (nSPS) is 20.2. The van der Waals surface area contributed by atoms with Gasteiger partial charge in [-0.15, -0.1) is 0 Å². The molecule has 2 fully saturated rings. The number of hydrogen-bond donors (Lipinski definition) is 1. The largest absolute Gasteiger partial charge is 0.376 e. The van der Waals surface area contributed by atoms with Crippen molar-refractivity contribution in [3.05, 3.63) is 41.0 Å². The number of aromatic nitrogens is 2. The average Bonchev–Trinajstić information content (AvgIpc) is 3.42. The van der Waals surface area contributed by atoms with E-state index in [4.69, 9.17) is 16.3 Å². The van der Waals surface area contributed by atoms with E-state index in [0.717, 1.165) is 18.5 Å². The standard InChI is InChI=1S/C20H26ClN5O4S/c1-24-14-18(19(27)22-13-17-6-3-11-30-17)20(23-24)31(28,29)26-9-7-25(8-10-26)16-5-2-4-15(21)12-16/h2,4-5,12,14,17H,3,6-11,13H2,1H3,(H,22,27). The monoisotopic (exact) mass is 467 g/mol. The third-order valence-corrected chi connectivity index (χ3v) is 7.62. The fourth-order valence-corrected chi connectivity index (χ4v) is 5.63. The molecule has 9 nitrogen and oxygen atoms in total. The summed E-state index contributed by atoms with van der Waals surface area (Å²) in [6, 6.07) is 7.49. The fraction of sp³-hybridized carbons (Fsp3) is 0.500. The van der Waals surface area contributed by atoms with Crippen LogP contribution in [0, 0.1) is 0 Å². The lowest BCUT2D eigenvalue weighted by Gasteiger charge is -2.35. The van der Waals surface area contributed by atoms with Crippen molar-refractivity contribution in [2.24, 2.45) is 7.05 Å². The predicted octanol–water partition coefficient (Wildman–Crippen LogP) is 1.49. The lowest BCUT2D eigenvalue weighted by Crippen LogP contribution is -2.49. The molecule has 2 saturated heterocycles. The summed E-state index contributed by atoms with van der Waals surface area (Å²) in [5.74, 6) is -0.459. The summed E-state index contributed by atoms with van der Waals surface area (Å²) in [7, 11) is -2.31. The Morgan fingerprint density at radius 1 is 1.29 bits per heavy atom. The van der Waals surface area contributed by atoms with Gasteiger partial charge in [0.2, 0.25) is 5.03 Å². The van der Waals surface area contributed by atoms with Crippen molar-refractivity contribution < 1.29 is 17.9 Å². The number of hydrogen-bond acceptors (Lipinski definition) is 6. The highest BCUT2D eigenvalue weighted by Crippen LogP contribution is 2.24. The second-order valence-corrected chi connectivity index (χ2v) is 10.0. The van der Waals surface area contributed by atoms with Crippen LogP contribution in [0.2, 0.25) is 5.02 Å². The lowest BCUT2D eigenvalue weighted by molar-refractivity contribution is 0.0855. The topological polar surface area (TPSA) is 96.8 Å². The molecule has 1 amide bonds. The molecule has 1 aromatic carbocycles. The second-order valence-electron chi connectivity index (χ2n) is 7.74. The number of benzene rings is 1. The Balaban J connectivity index is 1.45. The van der Waals surface area contributed by atoms with Crippen molar-refractivity contribution in [1.29, 1.82) is 0 Å². The first-order valence-corrected chi connectivity index (χ1v) is 12.1. The highest BCUT2D eigenvalue weighted by molar-refractivity contribution is 7.89. The van der Waals surface area contributed by atoms with Gasteiger partial charge >= 0.3 is 0 Å². The number of nitrogens with zero attached hydrogens (tertiary/aromatic N) is 4. The van der Waals surface area contributed by atoms with Crippen LogP contribution in [-0.2, 0) is 21.8 Å². The summed E-state index contributed by atoms with van der Waals surface area (Å²) in [5.41, 5.74) is 1.01. The molecule has 2 aliphatic rings. The van der Waals surface area contributed by atoms with Crippen LogP contribution in [0.4, 0.5) is 5.69 Å². The zero-order chi connectivity index (χ0) is 22.0. The minimum absolute atomic E-state index is 0.0276. The summed E-state index contributed by atoms with van der Waals surface area (Å²) >= 11 is 6.07. The molecule has 3 heterocycles. The summed E-state index contributed by atoms with van der Waals surface area (Å²) in [5, 5.41) is 7.32. The van der Waals surface area contributed by atoms with Gasteiger partial charge in [0, 0.05) is 63.3 Å². The maximum absolute atomic E-state index is 13.3. The van der Waals surface area contributed by atoms with Crippen LogP contribution < -0.4 is 10.2 Å². The van der Waals surface area contributed by atoms with Gasteiger partial charge in [-0.25, -0.2) is 8.42 Å². The number of aryl methyl sites for hydroxylation is 1. The number of piperazine rings is 1. The average molecular weight is 468 g/mol. The highest BCUT2D eigenvalue weighted by atomic mass is 35.5. The molecule has 2 aliphatic heterocycles. The molecule has 1 N–H and O–H groups in total. The molecule has 11 heteroatoms. The number of carbonyl (C=O) groups excluding carboxylic acids is 1. The highest BCUT2D eigenvalue weighted by Gasteiger charge is 2.34. The molecule has 0 spiro atoms. The number of sulfonamides is 1. The number of nitrogens with one attached hydrogen (secondary N) is 1. The van der Waals surface area contributed by atoms with Crippen molar-refractivity contribution >= 4 is 33.2 Å². The number of rotatable bonds is 6. The van der Waals surface area contributed by atoms with Gasteiger partial charge in [-0.3, -0.25) is 9.48 Å². The molecule has 1 atom stereocenters.